The van der Waals surface area contributed by atoms with Gasteiger partial charge in [0.2, 0.25) is 0 Å². The number of aryl methyl sites for hydroxylation is 1. The van der Waals surface area contributed by atoms with Gasteiger partial charge in [-0.05, 0) is 44.4 Å². The molecule has 2 aromatic heterocycles. The minimum Gasteiger partial charge on any atom is -0.385 e. The van der Waals surface area contributed by atoms with Crippen molar-refractivity contribution in [1.29, 1.82) is 0 Å². The second-order valence-corrected chi connectivity index (χ2v) is 5.95. The van der Waals surface area contributed by atoms with Crippen LogP contribution in [0.15, 0.2) is 18.3 Å². The van der Waals surface area contributed by atoms with Crippen LogP contribution in [0.25, 0.3) is 11.2 Å². The number of likely N-dealkylation sites (tertiary alicyclic amines) is 1. The van der Waals surface area contributed by atoms with Gasteiger partial charge in [-0.15, -0.1) is 0 Å². The number of ether oxygens (including phenoxy) is 1. The third-order valence-electron chi connectivity index (χ3n) is 4.55. The second kappa shape index (κ2) is 7.20. The summed E-state index contributed by atoms with van der Waals surface area (Å²) in [6.45, 7) is 5.27. The van der Waals surface area contributed by atoms with Gasteiger partial charge in [-0.1, -0.05) is 6.92 Å². The standard InChI is InChI=1S/C17H26N4O/c1-3-20-12-5-4-10-16(20)21-15(9-7-13-22-2)19-14-8-6-11-18-17(14)21/h6,8,11,16H,3-5,7,9-10,12-13H2,1-2H3. The molecule has 22 heavy (non-hydrogen) atoms. The smallest absolute Gasteiger partial charge is 0.161 e. The first-order valence-corrected chi connectivity index (χ1v) is 8.40. The second-order valence-electron chi connectivity index (χ2n) is 5.95. The van der Waals surface area contributed by atoms with E-state index in [1.165, 1.54) is 25.8 Å². The number of imidazole rings is 1. The van der Waals surface area contributed by atoms with Gasteiger partial charge in [-0.2, -0.15) is 0 Å². The van der Waals surface area contributed by atoms with Crippen molar-refractivity contribution in [3.8, 4) is 0 Å². The van der Waals surface area contributed by atoms with Gasteiger partial charge in [0.1, 0.15) is 11.3 Å². The highest BCUT2D eigenvalue weighted by Gasteiger charge is 2.26. The maximum Gasteiger partial charge on any atom is 0.161 e. The fourth-order valence-corrected chi connectivity index (χ4v) is 3.48. The van der Waals surface area contributed by atoms with Crippen LogP contribution in [-0.4, -0.2) is 46.2 Å². The Morgan fingerprint density at radius 3 is 3.09 bits per heavy atom. The average molecular weight is 302 g/mol. The van der Waals surface area contributed by atoms with Gasteiger partial charge in [0.25, 0.3) is 0 Å². The molecule has 1 atom stereocenters. The van der Waals surface area contributed by atoms with E-state index in [4.69, 9.17) is 9.72 Å². The van der Waals surface area contributed by atoms with Crippen molar-refractivity contribution >= 4 is 11.2 Å². The van der Waals surface area contributed by atoms with Crippen LogP contribution in [0.1, 0.15) is 44.6 Å². The molecule has 0 bridgehead atoms. The van der Waals surface area contributed by atoms with Crippen molar-refractivity contribution in [3.05, 3.63) is 24.2 Å². The first-order chi connectivity index (χ1) is 10.8. The molecule has 0 amide bonds. The monoisotopic (exact) mass is 302 g/mol. The zero-order valence-corrected chi connectivity index (χ0v) is 13.7. The number of aromatic nitrogens is 3. The molecule has 1 unspecified atom stereocenters. The molecule has 0 N–H and O–H groups in total. The van der Waals surface area contributed by atoms with Gasteiger partial charge < -0.3 is 4.74 Å². The molecule has 1 aliphatic rings. The molecule has 1 fully saturated rings. The zero-order chi connectivity index (χ0) is 15.4. The van der Waals surface area contributed by atoms with Crippen molar-refractivity contribution in [2.45, 2.75) is 45.2 Å². The van der Waals surface area contributed by atoms with E-state index in [-0.39, 0.29) is 0 Å². The van der Waals surface area contributed by atoms with Gasteiger partial charge in [0.05, 0.1) is 6.17 Å². The summed E-state index contributed by atoms with van der Waals surface area (Å²) < 4.78 is 7.58. The van der Waals surface area contributed by atoms with E-state index in [1.807, 2.05) is 12.3 Å². The Morgan fingerprint density at radius 1 is 1.36 bits per heavy atom. The van der Waals surface area contributed by atoms with Gasteiger partial charge in [0, 0.05) is 32.9 Å². The fraction of sp³-hybridized carbons (Fsp3) is 0.647. The van der Waals surface area contributed by atoms with Crippen LogP contribution >= 0.6 is 0 Å². The molecule has 0 radical (unpaired) electrons. The number of hydrogen-bond acceptors (Lipinski definition) is 4. The van der Waals surface area contributed by atoms with Crippen molar-refractivity contribution in [2.75, 3.05) is 26.8 Å². The molecule has 0 aliphatic carbocycles. The third kappa shape index (κ3) is 3.01. The highest BCUT2D eigenvalue weighted by molar-refractivity contribution is 5.71. The molecule has 1 saturated heterocycles. The molecule has 2 aromatic rings. The molecule has 1 aliphatic heterocycles. The van der Waals surface area contributed by atoms with Crippen LogP contribution in [0, 0.1) is 0 Å². The lowest BCUT2D eigenvalue weighted by Crippen LogP contribution is -2.37. The van der Waals surface area contributed by atoms with Crippen LogP contribution in [0.3, 0.4) is 0 Å². The number of piperidine rings is 1. The molecule has 3 rings (SSSR count). The summed E-state index contributed by atoms with van der Waals surface area (Å²) in [6.07, 6.45) is 7.98. The summed E-state index contributed by atoms with van der Waals surface area (Å²) in [5.41, 5.74) is 2.04. The molecule has 0 spiro atoms. The Labute approximate surface area is 132 Å². The lowest BCUT2D eigenvalue weighted by molar-refractivity contribution is 0.102. The van der Waals surface area contributed by atoms with Crippen molar-refractivity contribution < 1.29 is 4.74 Å². The topological polar surface area (TPSA) is 43.2 Å². The maximum atomic E-state index is 5.20. The molecule has 0 aromatic carbocycles. The average Bonchev–Trinajstić information content (AvgIpc) is 2.93. The molecule has 5 heteroatoms. The number of hydrogen-bond donors (Lipinski definition) is 0. The number of fused-ring (bicyclic) bond motifs is 1. The normalized spacial score (nSPS) is 19.8. The van der Waals surface area contributed by atoms with Crippen molar-refractivity contribution in [1.82, 2.24) is 19.4 Å². The van der Waals surface area contributed by atoms with E-state index in [0.717, 1.165) is 43.0 Å². The van der Waals surface area contributed by atoms with Crippen LogP contribution in [0.5, 0.6) is 0 Å². The molecule has 3 heterocycles. The van der Waals surface area contributed by atoms with E-state index >= 15 is 0 Å². The zero-order valence-electron chi connectivity index (χ0n) is 13.7. The molecular weight excluding hydrogens is 276 g/mol. The minimum absolute atomic E-state index is 0.399. The third-order valence-corrected chi connectivity index (χ3v) is 4.55. The lowest BCUT2D eigenvalue weighted by atomic mass is 10.1. The van der Waals surface area contributed by atoms with Crippen LogP contribution in [0.4, 0.5) is 0 Å². The maximum absolute atomic E-state index is 5.20. The minimum atomic E-state index is 0.399. The Bertz CT molecular complexity index is 610. The summed E-state index contributed by atoms with van der Waals surface area (Å²) in [6, 6.07) is 4.04. The number of nitrogens with zero attached hydrogens (tertiary/aromatic N) is 4. The van der Waals surface area contributed by atoms with Crippen molar-refractivity contribution in [3.63, 3.8) is 0 Å². The molecule has 120 valence electrons. The first kappa shape index (κ1) is 15.4. The number of rotatable bonds is 6. The highest BCUT2D eigenvalue weighted by Crippen LogP contribution is 2.30. The summed E-state index contributed by atoms with van der Waals surface area (Å²) >= 11 is 0. The molecule has 5 nitrogen and oxygen atoms in total. The number of methoxy groups -OCH3 is 1. The summed E-state index contributed by atoms with van der Waals surface area (Å²) in [4.78, 5) is 12.0. The van der Waals surface area contributed by atoms with E-state index in [1.54, 1.807) is 7.11 Å². The lowest BCUT2D eigenvalue weighted by Gasteiger charge is -2.36. The van der Waals surface area contributed by atoms with E-state index in [9.17, 15) is 0 Å². The SMILES string of the molecule is CCN1CCCCC1n1c(CCCOC)nc2cccnc21. The fourth-order valence-electron chi connectivity index (χ4n) is 3.48. The quantitative estimate of drug-likeness (QED) is 0.769. The predicted octanol–water partition coefficient (Wildman–Crippen LogP) is 3.01. The first-order valence-electron chi connectivity index (χ1n) is 8.40. The largest absolute Gasteiger partial charge is 0.385 e. The Morgan fingerprint density at radius 2 is 2.27 bits per heavy atom. The summed E-state index contributed by atoms with van der Waals surface area (Å²) in [7, 11) is 1.75. The Balaban J connectivity index is 1.98. The van der Waals surface area contributed by atoms with Crippen LogP contribution in [-0.2, 0) is 11.2 Å². The van der Waals surface area contributed by atoms with E-state index in [0.29, 0.717) is 6.17 Å². The Kier molecular flexibility index (Phi) is 5.05. The van der Waals surface area contributed by atoms with Gasteiger partial charge in [-0.3, -0.25) is 9.47 Å². The van der Waals surface area contributed by atoms with Gasteiger partial charge in [-0.25, -0.2) is 9.97 Å². The van der Waals surface area contributed by atoms with Gasteiger partial charge in [0.15, 0.2) is 5.65 Å². The summed E-state index contributed by atoms with van der Waals surface area (Å²) in [5, 5.41) is 0. The van der Waals surface area contributed by atoms with E-state index in [2.05, 4.69) is 27.4 Å². The highest BCUT2D eigenvalue weighted by atomic mass is 16.5. The van der Waals surface area contributed by atoms with Crippen molar-refractivity contribution in [2.24, 2.45) is 0 Å². The van der Waals surface area contributed by atoms with Crippen LogP contribution < -0.4 is 0 Å². The van der Waals surface area contributed by atoms with Crippen LogP contribution in [0.2, 0.25) is 0 Å². The number of pyridine rings is 1. The summed E-state index contributed by atoms with van der Waals surface area (Å²) in [5.74, 6) is 1.15. The van der Waals surface area contributed by atoms with Gasteiger partial charge >= 0.3 is 0 Å². The van der Waals surface area contributed by atoms with E-state index < -0.39 is 0 Å². The molecular formula is C17H26N4O. The molecule has 0 saturated carbocycles. The Hall–Kier alpha value is -1.46. The predicted molar refractivity (Wildman–Crippen MR) is 87.9 cm³/mol.